The number of likely N-dealkylation sites (tertiary alicyclic amines) is 1. The van der Waals surface area contributed by atoms with E-state index in [2.05, 4.69) is 9.88 Å². The molecule has 1 aromatic heterocycles. The van der Waals surface area contributed by atoms with Crippen molar-refractivity contribution >= 4 is 17.2 Å². The summed E-state index contributed by atoms with van der Waals surface area (Å²) in [6.07, 6.45) is 0.625. The zero-order chi connectivity index (χ0) is 14.0. The number of amides is 1. The van der Waals surface area contributed by atoms with Crippen molar-refractivity contribution in [3.63, 3.8) is 0 Å². The molecule has 3 heterocycles. The fourth-order valence-electron chi connectivity index (χ4n) is 2.81. The fourth-order valence-corrected chi connectivity index (χ4v) is 3.34. The Morgan fingerprint density at radius 1 is 1.45 bits per heavy atom. The molecule has 20 heavy (non-hydrogen) atoms. The van der Waals surface area contributed by atoms with Crippen LogP contribution in [0.5, 0.6) is 0 Å². The predicted octanol–water partition coefficient (Wildman–Crippen LogP) is 0.0523. The monoisotopic (exact) mass is 297 g/mol. The quantitative estimate of drug-likeness (QED) is 0.854. The summed E-state index contributed by atoms with van der Waals surface area (Å²) in [5, 5.41) is 12.4. The van der Waals surface area contributed by atoms with Crippen LogP contribution in [0.15, 0.2) is 10.9 Å². The fraction of sp³-hybridized carbons (Fsp3) is 0.692. The molecular weight excluding hydrogens is 278 g/mol. The van der Waals surface area contributed by atoms with E-state index < -0.39 is 5.60 Å². The highest BCUT2D eigenvalue weighted by atomic mass is 32.1. The highest BCUT2D eigenvalue weighted by molar-refractivity contribution is 7.07. The molecule has 6 nitrogen and oxygen atoms in total. The van der Waals surface area contributed by atoms with E-state index >= 15 is 0 Å². The first-order chi connectivity index (χ1) is 9.66. The number of nitrogens with zero attached hydrogens (tertiary/aromatic N) is 3. The third-order valence-corrected chi connectivity index (χ3v) is 4.48. The molecule has 0 aliphatic carbocycles. The molecule has 1 aromatic rings. The maximum absolute atomic E-state index is 12.2. The topological polar surface area (TPSA) is 65.9 Å². The van der Waals surface area contributed by atoms with Gasteiger partial charge in [0.25, 0.3) is 5.91 Å². The Hall–Kier alpha value is -1.02. The first-order valence-electron chi connectivity index (χ1n) is 6.86. The van der Waals surface area contributed by atoms with Crippen molar-refractivity contribution in [1.82, 2.24) is 14.8 Å². The van der Waals surface area contributed by atoms with Gasteiger partial charge in [0.05, 0.1) is 30.9 Å². The Morgan fingerprint density at radius 3 is 2.95 bits per heavy atom. The van der Waals surface area contributed by atoms with Crippen molar-refractivity contribution in [3.8, 4) is 0 Å². The van der Waals surface area contributed by atoms with Crippen molar-refractivity contribution in [2.75, 3.05) is 45.9 Å². The summed E-state index contributed by atoms with van der Waals surface area (Å²) in [6.45, 7) is 4.73. The summed E-state index contributed by atoms with van der Waals surface area (Å²) in [4.78, 5) is 20.2. The number of aromatic nitrogens is 1. The van der Waals surface area contributed by atoms with Gasteiger partial charge in [-0.2, -0.15) is 0 Å². The number of β-amino-alcohol motifs (C(OH)–C–C–N with tert-alkyl or cyclic N) is 1. The Bertz CT molecular complexity index is 461. The Kier molecular flexibility index (Phi) is 4.02. The minimum Gasteiger partial charge on any atom is -0.387 e. The van der Waals surface area contributed by atoms with Gasteiger partial charge in [0.15, 0.2) is 0 Å². The standard InChI is InChI=1S/C13H19N3O3S/c17-12(11-7-20-10-14-11)16-2-1-13(18,9-16)8-15-3-5-19-6-4-15/h7,10,18H,1-6,8-9H2. The van der Waals surface area contributed by atoms with Gasteiger partial charge in [-0.25, -0.2) is 4.98 Å². The van der Waals surface area contributed by atoms with Gasteiger partial charge in [0.2, 0.25) is 0 Å². The molecule has 0 spiro atoms. The minimum absolute atomic E-state index is 0.0795. The first kappa shape index (κ1) is 13.9. The van der Waals surface area contributed by atoms with Crippen LogP contribution in [0, 0.1) is 0 Å². The van der Waals surface area contributed by atoms with Crippen molar-refractivity contribution in [2.45, 2.75) is 12.0 Å². The lowest BCUT2D eigenvalue weighted by Crippen LogP contribution is -2.49. The maximum Gasteiger partial charge on any atom is 0.273 e. The number of thiazole rings is 1. The van der Waals surface area contributed by atoms with E-state index in [1.54, 1.807) is 15.8 Å². The molecule has 0 bridgehead atoms. The zero-order valence-electron chi connectivity index (χ0n) is 11.3. The van der Waals surface area contributed by atoms with Gasteiger partial charge < -0.3 is 14.7 Å². The number of rotatable bonds is 3. The number of hydrogen-bond donors (Lipinski definition) is 1. The van der Waals surface area contributed by atoms with E-state index in [1.165, 1.54) is 11.3 Å². The second-order valence-electron chi connectivity index (χ2n) is 5.46. The van der Waals surface area contributed by atoms with Crippen molar-refractivity contribution in [2.24, 2.45) is 0 Å². The molecule has 3 rings (SSSR count). The molecule has 0 aromatic carbocycles. The van der Waals surface area contributed by atoms with Crippen LogP contribution < -0.4 is 0 Å². The van der Waals surface area contributed by atoms with Crippen LogP contribution in [-0.4, -0.2) is 77.3 Å². The van der Waals surface area contributed by atoms with Crippen LogP contribution in [0.25, 0.3) is 0 Å². The summed E-state index contributed by atoms with van der Waals surface area (Å²) in [6, 6.07) is 0. The van der Waals surface area contributed by atoms with Crippen molar-refractivity contribution in [1.29, 1.82) is 0 Å². The summed E-state index contributed by atoms with van der Waals surface area (Å²) in [5.74, 6) is -0.0795. The zero-order valence-corrected chi connectivity index (χ0v) is 12.1. The summed E-state index contributed by atoms with van der Waals surface area (Å²) >= 11 is 1.41. The molecule has 1 N–H and O–H groups in total. The SMILES string of the molecule is O=C(c1cscn1)N1CCC(O)(CN2CCOCC2)C1. The molecule has 1 atom stereocenters. The number of hydrogen-bond acceptors (Lipinski definition) is 6. The van der Waals surface area contributed by atoms with Crippen LogP contribution >= 0.6 is 11.3 Å². The number of carbonyl (C=O) groups excluding carboxylic acids is 1. The average molecular weight is 297 g/mol. The van der Waals surface area contributed by atoms with Gasteiger partial charge in [-0.3, -0.25) is 9.69 Å². The molecule has 1 amide bonds. The van der Waals surface area contributed by atoms with Crippen molar-refractivity contribution < 1.29 is 14.6 Å². The highest BCUT2D eigenvalue weighted by Gasteiger charge is 2.40. The molecular formula is C13H19N3O3S. The van der Waals surface area contributed by atoms with E-state index in [0.717, 1.165) is 26.3 Å². The van der Waals surface area contributed by atoms with E-state index in [4.69, 9.17) is 4.74 Å². The Balaban J connectivity index is 1.59. The van der Waals surface area contributed by atoms with Gasteiger partial charge >= 0.3 is 0 Å². The molecule has 2 saturated heterocycles. The van der Waals surface area contributed by atoms with Gasteiger partial charge in [-0.15, -0.1) is 11.3 Å². The largest absolute Gasteiger partial charge is 0.387 e. The number of ether oxygens (including phenoxy) is 1. The Morgan fingerprint density at radius 2 is 2.25 bits per heavy atom. The second-order valence-corrected chi connectivity index (χ2v) is 6.18. The molecule has 1 unspecified atom stereocenters. The molecule has 2 fully saturated rings. The average Bonchev–Trinajstić information content (AvgIpc) is 3.09. The lowest BCUT2D eigenvalue weighted by molar-refractivity contribution is -0.0257. The molecule has 0 radical (unpaired) electrons. The predicted molar refractivity (Wildman–Crippen MR) is 74.8 cm³/mol. The van der Waals surface area contributed by atoms with Crippen LogP contribution in [0.4, 0.5) is 0 Å². The smallest absolute Gasteiger partial charge is 0.273 e. The van der Waals surface area contributed by atoms with Gasteiger partial charge in [0.1, 0.15) is 5.69 Å². The maximum atomic E-state index is 12.2. The number of carbonyl (C=O) groups is 1. The van der Waals surface area contributed by atoms with Crippen LogP contribution in [-0.2, 0) is 4.74 Å². The van der Waals surface area contributed by atoms with E-state index in [0.29, 0.717) is 31.7 Å². The van der Waals surface area contributed by atoms with E-state index in [9.17, 15) is 9.90 Å². The first-order valence-corrected chi connectivity index (χ1v) is 7.81. The molecule has 7 heteroatoms. The van der Waals surface area contributed by atoms with Gasteiger partial charge in [-0.05, 0) is 6.42 Å². The molecule has 0 saturated carbocycles. The molecule has 2 aliphatic heterocycles. The van der Waals surface area contributed by atoms with Gasteiger partial charge in [0, 0.05) is 31.6 Å². The normalized spacial score (nSPS) is 27.9. The summed E-state index contributed by atoms with van der Waals surface area (Å²) in [5.41, 5.74) is 1.33. The van der Waals surface area contributed by atoms with E-state index in [1.807, 2.05) is 0 Å². The van der Waals surface area contributed by atoms with Crippen molar-refractivity contribution in [3.05, 3.63) is 16.6 Å². The van der Waals surface area contributed by atoms with Crippen LogP contribution in [0.3, 0.4) is 0 Å². The third kappa shape index (κ3) is 3.01. The second kappa shape index (κ2) is 5.77. The lowest BCUT2D eigenvalue weighted by atomic mass is 10.0. The third-order valence-electron chi connectivity index (χ3n) is 3.89. The summed E-state index contributed by atoms with van der Waals surface area (Å²) < 4.78 is 5.31. The Labute approximate surface area is 122 Å². The van der Waals surface area contributed by atoms with Gasteiger partial charge in [-0.1, -0.05) is 0 Å². The van der Waals surface area contributed by atoms with E-state index in [-0.39, 0.29) is 5.91 Å². The molecule has 110 valence electrons. The van der Waals surface area contributed by atoms with Crippen LogP contribution in [0.2, 0.25) is 0 Å². The summed E-state index contributed by atoms with van der Waals surface area (Å²) in [7, 11) is 0. The highest BCUT2D eigenvalue weighted by Crippen LogP contribution is 2.24. The minimum atomic E-state index is -0.803. The number of aliphatic hydroxyl groups is 1. The lowest BCUT2D eigenvalue weighted by Gasteiger charge is -2.33. The van der Waals surface area contributed by atoms with Crippen LogP contribution in [0.1, 0.15) is 16.9 Å². The number of morpholine rings is 1. The molecule has 2 aliphatic rings.